The maximum absolute atomic E-state index is 15.7. The zero-order valence-corrected chi connectivity index (χ0v) is 21.3. The number of halogens is 1. The van der Waals surface area contributed by atoms with E-state index in [-0.39, 0.29) is 29.4 Å². The lowest BCUT2D eigenvalue weighted by Gasteiger charge is -2.54. The number of carbonyl (C=O) groups is 1. The Labute approximate surface area is 207 Å². The summed E-state index contributed by atoms with van der Waals surface area (Å²) in [4.78, 5) is 16.8. The number of rotatable bonds is 5. The fraction of sp³-hybridized carbons (Fsp3) is 0.552. The molecule has 0 spiro atoms. The molecule has 35 heavy (non-hydrogen) atoms. The number of benzene rings is 2. The van der Waals surface area contributed by atoms with Crippen LogP contribution in [0.15, 0.2) is 36.4 Å². The molecule has 0 unspecified atom stereocenters. The van der Waals surface area contributed by atoms with Crippen molar-refractivity contribution in [3.8, 4) is 16.9 Å². The quantitative estimate of drug-likeness (QED) is 0.540. The second-order valence-corrected chi connectivity index (χ2v) is 11.5. The molecule has 2 atom stereocenters. The van der Waals surface area contributed by atoms with E-state index in [2.05, 4.69) is 18.7 Å². The summed E-state index contributed by atoms with van der Waals surface area (Å²) >= 11 is 0. The van der Waals surface area contributed by atoms with Crippen LogP contribution in [0, 0.1) is 17.2 Å². The highest BCUT2D eigenvalue weighted by Crippen LogP contribution is 2.50. The normalized spacial score (nSPS) is 26.9. The molecule has 3 fully saturated rings. The van der Waals surface area contributed by atoms with Crippen molar-refractivity contribution in [2.45, 2.75) is 71.6 Å². The molecule has 2 aromatic carbocycles. The van der Waals surface area contributed by atoms with E-state index in [1.165, 1.54) is 0 Å². The number of hydrogen-bond donors (Lipinski definition) is 1. The van der Waals surface area contributed by atoms with E-state index < -0.39 is 6.09 Å². The molecule has 2 aromatic rings. The van der Waals surface area contributed by atoms with Crippen molar-refractivity contribution in [3.63, 3.8) is 0 Å². The monoisotopic (exact) mass is 480 g/mol. The first-order valence-electron chi connectivity index (χ1n) is 13.0. The van der Waals surface area contributed by atoms with Crippen LogP contribution in [0.25, 0.3) is 11.1 Å². The highest BCUT2D eigenvalue weighted by Gasteiger charge is 2.48. The van der Waals surface area contributed by atoms with E-state index in [1.807, 2.05) is 44.2 Å². The number of ether oxygens (including phenoxy) is 1. The third kappa shape index (κ3) is 4.53. The fourth-order valence-corrected chi connectivity index (χ4v) is 6.54. The summed E-state index contributed by atoms with van der Waals surface area (Å²) in [6.45, 7) is 11.1. The predicted octanol–water partition coefficient (Wildman–Crippen LogP) is 6.37. The van der Waals surface area contributed by atoms with Crippen molar-refractivity contribution in [1.29, 1.82) is 0 Å². The summed E-state index contributed by atoms with van der Waals surface area (Å²) in [7, 11) is 0. The van der Waals surface area contributed by atoms with Gasteiger partial charge in [-0.25, -0.2) is 9.18 Å². The molecule has 6 heteroatoms. The smallest absolute Gasteiger partial charge is 0.408 e. The van der Waals surface area contributed by atoms with Gasteiger partial charge in [-0.15, -0.1) is 0 Å². The van der Waals surface area contributed by atoms with Gasteiger partial charge in [-0.3, -0.25) is 4.90 Å². The van der Waals surface area contributed by atoms with Gasteiger partial charge in [-0.1, -0.05) is 26.0 Å². The van der Waals surface area contributed by atoms with Crippen LogP contribution in [0.5, 0.6) is 5.75 Å². The highest BCUT2D eigenvalue weighted by atomic mass is 19.1. The van der Waals surface area contributed by atoms with Crippen molar-refractivity contribution in [3.05, 3.63) is 53.3 Å². The van der Waals surface area contributed by atoms with Gasteiger partial charge in [0, 0.05) is 12.1 Å². The number of piperidine rings is 3. The molecule has 3 aliphatic heterocycles. The number of amides is 1. The molecule has 5 nitrogen and oxygen atoms in total. The van der Waals surface area contributed by atoms with Gasteiger partial charge in [-0.05, 0) is 105 Å². The van der Waals surface area contributed by atoms with E-state index >= 15 is 4.39 Å². The average Bonchev–Trinajstić information content (AvgIpc) is 2.81. The van der Waals surface area contributed by atoms with Gasteiger partial charge in [-0.2, -0.15) is 0 Å². The van der Waals surface area contributed by atoms with Crippen molar-refractivity contribution in [2.24, 2.45) is 11.3 Å². The van der Waals surface area contributed by atoms with E-state index in [9.17, 15) is 9.90 Å². The Morgan fingerprint density at radius 1 is 1.17 bits per heavy atom. The summed E-state index contributed by atoms with van der Waals surface area (Å²) in [6.07, 6.45) is 2.95. The average molecular weight is 481 g/mol. The van der Waals surface area contributed by atoms with Crippen LogP contribution in [0.3, 0.4) is 0 Å². The van der Waals surface area contributed by atoms with Gasteiger partial charge < -0.3 is 14.7 Å². The largest absolute Gasteiger partial charge is 0.491 e. The molecule has 2 bridgehead atoms. The molecule has 3 heterocycles. The van der Waals surface area contributed by atoms with Gasteiger partial charge in [0.25, 0.3) is 0 Å². The van der Waals surface area contributed by atoms with Crippen molar-refractivity contribution in [1.82, 2.24) is 9.80 Å². The van der Waals surface area contributed by atoms with Crippen LogP contribution >= 0.6 is 0 Å². The van der Waals surface area contributed by atoms with Crippen molar-refractivity contribution in [2.75, 3.05) is 19.6 Å². The Kier molecular flexibility index (Phi) is 6.28. The third-order valence-corrected chi connectivity index (χ3v) is 8.32. The Morgan fingerprint density at radius 2 is 1.86 bits per heavy atom. The second kappa shape index (κ2) is 9.12. The first-order valence-corrected chi connectivity index (χ1v) is 13.0. The van der Waals surface area contributed by atoms with Gasteiger partial charge in [0.05, 0.1) is 18.2 Å². The minimum Gasteiger partial charge on any atom is -0.491 e. The minimum absolute atomic E-state index is 0.0403. The maximum Gasteiger partial charge on any atom is 0.408 e. The number of fused-ring (bicyclic) bond motifs is 4. The van der Waals surface area contributed by atoms with Gasteiger partial charge in [0.15, 0.2) is 0 Å². The first kappa shape index (κ1) is 24.1. The Balaban J connectivity index is 1.53. The molecule has 1 aliphatic carbocycles. The van der Waals surface area contributed by atoms with Crippen LogP contribution in [-0.2, 0) is 6.42 Å². The number of aryl methyl sites for hydroxylation is 1. The van der Waals surface area contributed by atoms with Crippen LogP contribution < -0.4 is 4.74 Å². The molecule has 0 radical (unpaired) electrons. The van der Waals surface area contributed by atoms with E-state index in [0.717, 1.165) is 67.8 Å². The summed E-state index contributed by atoms with van der Waals surface area (Å²) < 4.78 is 21.4. The Bertz CT molecular complexity index is 1090. The zero-order valence-electron chi connectivity index (χ0n) is 21.3. The SMILES string of the molecule is CC(C)Oc1ccc(-c2cc3c(cc2F)[C@H](N(C(=O)O)[C@@H]2CN4CCC2CC4)C(C)(C)CC3)cc1. The lowest BCUT2D eigenvalue weighted by atomic mass is 9.68. The molecule has 188 valence electrons. The predicted molar refractivity (Wildman–Crippen MR) is 135 cm³/mol. The summed E-state index contributed by atoms with van der Waals surface area (Å²) in [5.41, 5.74) is 2.97. The van der Waals surface area contributed by atoms with Gasteiger partial charge in [0.1, 0.15) is 11.6 Å². The number of nitrogens with zero attached hydrogens (tertiary/aromatic N) is 2. The Morgan fingerprint density at radius 3 is 2.43 bits per heavy atom. The van der Waals surface area contributed by atoms with Crippen LogP contribution in [0.2, 0.25) is 0 Å². The van der Waals surface area contributed by atoms with E-state index in [0.29, 0.717) is 11.5 Å². The van der Waals surface area contributed by atoms with Crippen molar-refractivity contribution < 1.29 is 19.0 Å². The summed E-state index contributed by atoms with van der Waals surface area (Å²) in [5, 5.41) is 10.5. The molecule has 6 rings (SSSR count). The van der Waals surface area contributed by atoms with E-state index in [4.69, 9.17) is 4.74 Å². The van der Waals surface area contributed by atoms with Gasteiger partial charge >= 0.3 is 6.09 Å². The Hall–Kier alpha value is -2.60. The molecule has 1 N–H and O–H groups in total. The second-order valence-electron chi connectivity index (χ2n) is 11.5. The fourth-order valence-electron chi connectivity index (χ4n) is 6.54. The lowest BCUT2D eigenvalue weighted by Crippen LogP contribution is -2.61. The van der Waals surface area contributed by atoms with Crippen LogP contribution in [0.4, 0.5) is 9.18 Å². The minimum atomic E-state index is -0.889. The first-order chi connectivity index (χ1) is 16.6. The maximum atomic E-state index is 15.7. The van der Waals surface area contributed by atoms with Crippen molar-refractivity contribution >= 4 is 6.09 Å². The topological polar surface area (TPSA) is 53.0 Å². The third-order valence-electron chi connectivity index (χ3n) is 8.32. The number of carboxylic acid groups (broad SMARTS) is 1. The molecule has 0 aromatic heterocycles. The molecular weight excluding hydrogens is 443 g/mol. The molecule has 1 amide bonds. The molecule has 4 aliphatic rings. The zero-order chi connectivity index (χ0) is 24.9. The van der Waals surface area contributed by atoms with E-state index in [1.54, 1.807) is 11.0 Å². The van der Waals surface area contributed by atoms with Crippen LogP contribution in [-0.4, -0.2) is 52.8 Å². The molecule has 3 saturated heterocycles. The standard InChI is InChI=1S/C29H37FN2O3/c1-18(2)35-22-7-5-19(6-8-22)23-15-21-9-12-29(3,4)27(24(21)16-25(23)30)32(28(33)34)26-17-31-13-10-20(26)11-14-31/h5-8,15-16,18,20,26-27H,9-14,17H2,1-4H3,(H,33,34)/t26-,27+/m1/s1. The number of hydrogen-bond acceptors (Lipinski definition) is 3. The lowest BCUT2D eigenvalue weighted by molar-refractivity contribution is -0.0353. The molecular formula is C29H37FN2O3. The highest BCUT2D eigenvalue weighted by molar-refractivity contribution is 5.69. The van der Waals surface area contributed by atoms with Gasteiger partial charge in [0.2, 0.25) is 0 Å². The summed E-state index contributed by atoms with van der Waals surface area (Å²) in [6, 6.07) is 10.7. The molecule has 0 saturated carbocycles. The van der Waals surface area contributed by atoms with Crippen LogP contribution in [0.1, 0.15) is 64.1 Å². The summed E-state index contributed by atoms with van der Waals surface area (Å²) in [5.74, 6) is 0.842.